The number of para-hydroxylation sites is 1. The Labute approximate surface area is 166 Å². The third-order valence-electron chi connectivity index (χ3n) is 5.24. The van der Waals surface area contributed by atoms with Crippen LogP contribution in [0.5, 0.6) is 5.75 Å². The van der Waals surface area contributed by atoms with Crippen molar-refractivity contribution in [2.45, 2.75) is 18.6 Å². The average molecular weight is 389 g/mol. The van der Waals surface area contributed by atoms with Crippen molar-refractivity contribution in [3.05, 3.63) is 65.2 Å². The molecule has 2 unspecified atom stereocenters. The zero-order chi connectivity index (χ0) is 17.9. The molecule has 4 rings (SSSR count). The number of piperazine rings is 1. The van der Waals surface area contributed by atoms with Crippen molar-refractivity contribution in [3.8, 4) is 5.75 Å². The fourth-order valence-electron chi connectivity index (χ4n) is 3.94. The zero-order valence-electron chi connectivity index (χ0n) is 15.4. The number of ether oxygens (including phenoxy) is 2. The van der Waals surface area contributed by atoms with Crippen LogP contribution in [0.15, 0.2) is 48.5 Å². The molecule has 0 radical (unpaired) electrons. The maximum atomic E-state index is 13.4. The van der Waals surface area contributed by atoms with Crippen molar-refractivity contribution in [1.29, 1.82) is 0 Å². The van der Waals surface area contributed by atoms with Gasteiger partial charge in [-0.3, -0.25) is 4.79 Å². The minimum atomic E-state index is -0.518. The van der Waals surface area contributed by atoms with Gasteiger partial charge in [-0.1, -0.05) is 42.5 Å². The van der Waals surface area contributed by atoms with Crippen molar-refractivity contribution in [2.24, 2.45) is 0 Å². The Morgan fingerprint density at radius 3 is 2.70 bits per heavy atom. The van der Waals surface area contributed by atoms with Gasteiger partial charge in [0.05, 0.1) is 19.8 Å². The maximum Gasteiger partial charge on any atom is 0.256 e. The van der Waals surface area contributed by atoms with Crippen LogP contribution in [0.1, 0.15) is 28.8 Å². The van der Waals surface area contributed by atoms with E-state index in [4.69, 9.17) is 9.47 Å². The molecule has 1 saturated heterocycles. The highest BCUT2D eigenvalue weighted by atomic mass is 35.5. The molecule has 2 aliphatic heterocycles. The molecule has 27 heavy (non-hydrogen) atoms. The molecule has 0 aliphatic carbocycles. The number of amides is 1. The number of hydrogen-bond donors (Lipinski definition) is 1. The van der Waals surface area contributed by atoms with Crippen molar-refractivity contribution >= 4 is 18.3 Å². The molecular formula is C21H25ClN2O3. The Balaban J connectivity index is 0.00000210. The second kappa shape index (κ2) is 8.74. The first kappa shape index (κ1) is 19.7. The van der Waals surface area contributed by atoms with Crippen molar-refractivity contribution < 1.29 is 14.3 Å². The fraction of sp³-hybridized carbons (Fsp3) is 0.381. The summed E-state index contributed by atoms with van der Waals surface area (Å²) in [5.74, 6) is 0.846. The number of rotatable bonds is 3. The summed E-state index contributed by atoms with van der Waals surface area (Å²) >= 11 is 0. The number of carbonyl (C=O) groups excluding carboxylic acids is 1. The van der Waals surface area contributed by atoms with Crippen LogP contribution >= 0.6 is 12.4 Å². The number of halogens is 1. The number of nitrogens with one attached hydrogen (secondary N) is 1. The van der Waals surface area contributed by atoms with Gasteiger partial charge in [0, 0.05) is 25.2 Å². The lowest BCUT2D eigenvalue weighted by molar-refractivity contribution is -0.148. The van der Waals surface area contributed by atoms with Gasteiger partial charge in [0.2, 0.25) is 0 Å². The smallest absolute Gasteiger partial charge is 0.256 e. The molecule has 0 spiro atoms. The molecule has 6 heteroatoms. The Hall–Kier alpha value is -2.08. The molecule has 1 N–H and O–H groups in total. The normalized spacial score (nSPS) is 21.7. The Bertz CT molecular complexity index is 799. The van der Waals surface area contributed by atoms with Crippen molar-refractivity contribution in [3.63, 3.8) is 0 Å². The van der Waals surface area contributed by atoms with Gasteiger partial charge in [0.25, 0.3) is 5.91 Å². The molecule has 0 saturated carbocycles. The molecule has 144 valence electrons. The van der Waals surface area contributed by atoms with Crippen molar-refractivity contribution in [1.82, 2.24) is 10.2 Å². The third kappa shape index (κ3) is 3.81. The molecule has 0 aromatic heterocycles. The number of carbonyl (C=O) groups is 1. The Morgan fingerprint density at radius 2 is 1.89 bits per heavy atom. The quantitative estimate of drug-likeness (QED) is 0.878. The summed E-state index contributed by atoms with van der Waals surface area (Å²) in [6.07, 6.45) is 0.340. The first-order valence-corrected chi connectivity index (χ1v) is 9.13. The van der Waals surface area contributed by atoms with Crippen LogP contribution in [0.2, 0.25) is 0 Å². The van der Waals surface area contributed by atoms with Crippen LogP contribution < -0.4 is 10.1 Å². The summed E-state index contributed by atoms with van der Waals surface area (Å²) in [6, 6.07) is 15.9. The van der Waals surface area contributed by atoms with Gasteiger partial charge in [-0.05, 0) is 23.6 Å². The predicted molar refractivity (Wildman–Crippen MR) is 106 cm³/mol. The fourth-order valence-corrected chi connectivity index (χ4v) is 3.94. The van der Waals surface area contributed by atoms with Crippen LogP contribution in [0.3, 0.4) is 0 Å². The van der Waals surface area contributed by atoms with Crippen LogP contribution in [-0.4, -0.2) is 44.2 Å². The average Bonchev–Trinajstić information content (AvgIpc) is 2.73. The van der Waals surface area contributed by atoms with E-state index in [1.54, 1.807) is 7.11 Å². The Morgan fingerprint density at radius 1 is 1.15 bits per heavy atom. The van der Waals surface area contributed by atoms with Gasteiger partial charge in [-0.15, -0.1) is 12.4 Å². The lowest BCUT2D eigenvalue weighted by Crippen LogP contribution is -2.50. The summed E-state index contributed by atoms with van der Waals surface area (Å²) in [4.78, 5) is 15.4. The molecule has 2 aromatic carbocycles. The van der Waals surface area contributed by atoms with Crippen LogP contribution in [0.25, 0.3) is 0 Å². The van der Waals surface area contributed by atoms with Gasteiger partial charge in [-0.25, -0.2) is 0 Å². The second-order valence-electron chi connectivity index (χ2n) is 6.69. The summed E-state index contributed by atoms with van der Waals surface area (Å²) < 4.78 is 11.4. The number of methoxy groups -OCH3 is 1. The summed E-state index contributed by atoms with van der Waals surface area (Å²) in [7, 11) is 1.67. The van der Waals surface area contributed by atoms with E-state index >= 15 is 0 Å². The number of fused-ring (bicyclic) bond motifs is 1. The monoisotopic (exact) mass is 388 g/mol. The number of hydrogen-bond acceptors (Lipinski definition) is 4. The van der Waals surface area contributed by atoms with E-state index in [9.17, 15) is 4.79 Å². The van der Waals surface area contributed by atoms with Crippen LogP contribution in [-0.2, 0) is 16.0 Å². The lowest BCUT2D eigenvalue weighted by atomic mass is 9.95. The molecule has 5 nitrogen and oxygen atoms in total. The third-order valence-corrected chi connectivity index (χ3v) is 5.24. The highest BCUT2D eigenvalue weighted by molar-refractivity contribution is 5.85. The van der Waals surface area contributed by atoms with Crippen molar-refractivity contribution in [2.75, 3.05) is 33.4 Å². The van der Waals surface area contributed by atoms with Gasteiger partial charge in [0.1, 0.15) is 5.75 Å². The maximum absolute atomic E-state index is 13.4. The second-order valence-corrected chi connectivity index (χ2v) is 6.69. The predicted octanol–water partition coefficient (Wildman–Crippen LogP) is 2.90. The molecule has 2 aliphatic rings. The lowest BCUT2D eigenvalue weighted by Gasteiger charge is -2.39. The minimum Gasteiger partial charge on any atom is -0.496 e. The number of nitrogens with zero attached hydrogens (tertiary/aromatic N) is 1. The van der Waals surface area contributed by atoms with E-state index in [1.807, 2.05) is 47.4 Å². The highest BCUT2D eigenvalue weighted by Crippen LogP contribution is 2.34. The highest BCUT2D eigenvalue weighted by Gasteiger charge is 2.36. The number of benzene rings is 2. The van der Waals surface area contributed by atoms with E-state index in [-0.39, 0.29) is 24.4 Å². The van der Waals surface area contributed by atoms with E-state index in [0.29, 0.717) is 19.7 Å². The van der Waals surface area contributed by atoms with E-state index < -0.39 is 6.10 Å². The minimum absolute atomic E-state index is 0. The first-order valence-electron chi connectivity index (χ1n) is 9.13. The van der Waals surface area contributed by atoms with Gasteiger partial charge < -0.3 is 19.7 Å². The SMILES string of the molecule is COc1ccccc1C1CNCCN1C(=O)C1OCCc2ccccc21.Cl. The summed E-state index contributed by atoms with van der Waals surface area (Å²) in [6.45, 7) is 2.73. The summed E-state index contributed by atoms with van der Waals surface area (Å²) in [5.41, 5.74) is 3.24. The van der Waals surface area contributed by atoms with E-state index in [0.717, 1.165) is 29.8 Å². The van der Waals surface area contributed by atoms with Gasteiger partial charge >= 0.3 is 0 Å². The molecule has 1 fully saturated rings. The molecule has 0 bridgehead atoms. The largest absolute Gasteiger partial charge is 0.496 e. The van der Waals surface area contributed by atoms with Gasteiger partial charge in [-0.2, -0.15) is 0 Å². The van der Waals surface area contributed by atoms with Gasteiger partial charge in [0.15, 0.2) is 6.10 Å². The molecule has 1 amide bonds. The first-order chi connectivity index (χ1) is 12.8. The van der Waals surface area contributed by atoms with Crippen LogP contribution in [0.4, 0.5) is 0 Å². The molecular weight excluding hydrogens is 364 g/mol. The van der Waals surface area contributed by atoms with E-state index in [2.05, 4.69) is 11.4 Å². The topological polar surface area (TPSA) is 50.8 Å². The van der Waals surface area contributed by atoms with Crippen LogP contribution in [0, 0.1) is 0 Å². The molecule has 2 heterocycles. The zero-order valence-corrected chi connectivity index (χ0v) is 16.2. The molecule has 2 aromatic rings. The Kier molecular flexibility index (Phi) is 6.37. The standard InChI is InChI=1S/C21H24N2O3.ClH/c1-25-19-9-5-4-8-17(19)18-14-22-11-12-23(18)21(24)20-16-7-3-2-6-15(16)10-13-26-20;/h2-9,18,20,22H,10-14H2,1H3;1H. The molecule has 2 atom stereocenters. The summed E-state index contributed by atoms with van der Waals surface area (Å²) in [5, 5.41) is 3.40. The van der Waals surface area contributed by atoms with E-state index in [1.165, 1.54) is 5.56 Å².